The van der Waals surface area contributed by atoms with Gasteiger partial charge in [0, 0.05) is 18.6 Å². The maximum absolute atomic E-state index is 5.57. The van der Waals surface area contributed by atoms with Crippen LogP contribution in [0.2, 0.25) is 0 Å². The number of hydrogen-bond donors (Lipinski definition) is 2. The van der Waals surface area contributed by atoms with E-state index in [9.17, 15) is 0 Å². The minimum atomic E-state index is 0.224. The summed E-state index contributed by atoms with van der Waals surface area (Å²) >= 11 is 0. The first-order valence-electron chi connectivity index (χ1n) is 6.10. The van der Waals surface area contributed by atoms with Gasteiger partial charge in [0.25, 0.3) is 0 Å². The van der Waals surface area contributed by atoms with Gasteiger partial charge in [-0.1, -0.05) is 37.6 Å². The minimum absolute atomic E-state index is 0.224. The SMILES string of the molecule is CCCC(C)(C)NCc1ccc(CN)cc1. The molecular weight excluding hydrogens is 196 g/mol. The quantitative estimate of drug-likeness (QED) is 0.773. The van der Waals surface area contributed by atoms with Crippen LogP contribution in [0, 0.1) is 0 Å². The van der Waals surface area contributed by atoms with Crippen molar-refractivity contribution in [2.75, 3.05) is 0 Å². The van der Waals surface area contributed by atoms with E-state index < -0.39 is 0 Å². The molecular formula is C14H24N2. The summed E-state index contributed by atoms with van der Waals surface area (Å²) in [6.45, 7) is 8.28. The van der Waals surface area contributed by atoms with Gasteiger partial charge in [0.15, 0.2) is 0 Å². The molecule has 2 nitrogen and oxygen atoms in total. The topological polar surface area (TPSA) is 38.0 Å². The largest absolute Gasteiger partial charge is 0.326 e. The monoisotopic (exact) mass is 220 g/mol. The van der Waals surface area contributed by atoms with Crippen molar-refractivity contribution in [1.82, 2.24) is 5.32 Å². The molecule has 0 saturated carbocycles. The summed E-state index contributed by atoms with van der Waals surface area (Å²) in [5.74, 6) is 0. The van der Waals surface area contributed by atoms with Gasteiger partial charge in [-0.25, -0.2) is 0 Å². The molecule has 0 aliphatic rings. The Bertz CT molecular complexity index is 301. The Morgan fingerprint density at radius 1 is 1.12 bits per heavy atom. The van der Waals surface area contributed by atoms with Crippen molar-refractivity contribution in [1.29, 1.82) is 0 Å². The van der Waals surface area contributed by atoms with Gasteiger partial charge < -0.3 is 11.1 Å². The highest BCUT2D eigenvalue weighted by atomic mass is 14.9. The van der Waals surface area contributed by atoms with Gasteiger partial charge in [-0.3, -0.25) is 0 Å². The lowest BCUT2D eigenvalue weighted by Crippen LogP contribution is -2.38. The third kappa shape index (κ3) is 4.33. The molecule has 1 rings (SSSR count). The predicted octanol–water partition coefficient (Wildman–Crippen LogP) is 2.81. The van der Waals surface area contributed by atoms with Crippen molar-refractivity contribution in [3.8, 4) is 0 Å². The van der Waals surface area contributed by atoms with Gasteiger partial charge in [0.1, 0.15) is 0 Å². The van der Waals surface area contributed by atoms with Gasteiger partial charge >= 0.3 is 0 Å². The van der Waals surface area contributed by atoms with Gasteiger partial charge in [-0.05, 0) is 31.4 Å². The van der Waals surface area contributed by atoms with Crippen LogP contribution in [0.4, 0.5) is 0 Å². The highest BCUT2D eigenvalue weighted by Gasteiger charge is 2.14. The van der Waals surface area contributed by atoms with E-state index in [1.165, 1.54) is 24.0 Å². The maximum Gasteiger partial charge on any atom is 0.0210 e. The fourth-order valence-corrected chi connectivity index (χ4v) is 1.85. The summed E-state index contributed by atoms with van der Waals surface area (Å²) in [6, 6.07) is 8.50. The van der Waals surface area contributed by atoms with Gasteiger partial charge in [-0.15, -0.1) is 0 Å². The van der Waals surface area contributed by atoms with E-state index in [4.69, 9.17) is 5.73 Å². The molecule has 1 aromatic carbocycles. The second kappa shape index (κ2) is 6.02. The van der Waals surface area contributed by atoms with Crippen LogP contribution in [-0.2, 0) is 13.1 Å². The first-order chi connectivity index (χ1) is 7.57. The molecule has 0 heterocycles. The van der Waals surface area contributed by atoms with Crippen LogP contribution in [0.25, 0.3) is 0 Å². The molecule has 0 fully saturated rings. The second-order valence-corrected chi connectivity index (χ2v) is 5.01. The Morgan fingerprint density at radius 3 is 2.19 bits per heavy atom. The summed E-state index contributed by atoms with van der Waals surface area (Å²) in [5, 5.41) is 3.58. The van der Waals surface area contributed by atoms with Crippen molar-refractivity contribution >= 4 is 0 Å². The smallest absolute Gasteiger partial charge is 0.0210 e. The van der Waals surface area contributed by atoms with Gasteiger partial charge in [0.2, 0.25) is 0 Å². The molecule has 2 heteroatoms. The van der Waals surface area contributed by atoms with E-state index >= 15 is 0 Å². The van der Waals surface area contributed by atoms with Crippen LogP contribution >= 0.6 is 0 Å². The molecule has 90 valence electrons. The third-order valence-electron chi connectivity index (χ3n) is 2.90. The highest BCUT2D eigenvalue weighted by Crippen LogP contribution is 2.12. The van der Waals surface area contributed by atoms with E-state index in [1.807, 2.05) is 0 Å². The molecule has 0 atom stereocenters. The van der Waals surface area contributed by atoms with E-state index in [1.54, 1.807) is 0 Å². The Morgan fingerprint density at radius 2 is 1.69 bits per heavy atom. The van der Waals surface area contributed by atoms with Crippen molar-refractivity contribution in [3.63, 3.8) is 0 Å². The molecule has 0 spiro atoms. The Kier molecular flexibility index (Phi) is 4.97. The number of rotatable bonds is 6. The van der Waals surface area contributed by atoms with Crippen molar-refractivity contribution < 1.29 is 0 Å². The molecule has 3 N–H and O–H groups in total. The van der Waals surface area contributed by atoms with Crippen LogP contribution < -0.4 is 11.1 Å². The minimum Gasteiger partial charge on any atom is -0.326 e. The first kappa shape index (κ1) is 13.2. The van der Waals surface area contributed by atoms with Crippen LogP contribution in [0.3, 0.4) is 0 Å². The van der Waals surface area contributed by atoms with Gasteiger partial charge in [-0.2, -0.15) is 0 Å². The molecule has 0 amide bonds. The van der Waals surface area contributed by atoms with Crippen molar-refractivity contribution in [2.45, 2.75) is 52.2 Å². The van der Waals surface area contributed by atoms with Gasteiger partial charge in [0.05, 0.1) is 0 Å². The first-order valence-corrected chi connectivity index (χ1v) is 6.10. The zero-order valence-corrected chi connectivity index (χ0v) is 10.7. The summed E-state index contributed by atoms with van der Waals surface area (Å²) in [4.78, 5) is 0. The molecule has 0 aliphatic heterocycles. The molecule has 0 saturated heterocycles. The number of hydrogen-bond acceptors (Lipinski definition) is 2. The van der Waals surface area contributed by atoms with Crippen LogP contribution in [-0.4, -0.2) is 5.54 Å². The zero-order valence-electron chi connectivity index (χ0n) is 10.7. The van der Waals surface area contributed by atoms with Crippen LogP contribution in [0.15, 0.2) is 24.3 Å². The summed E-state index contributed by atoms with van der Waals surface area (Å²) < 4.78 is 0. The number of nitrogens with one attached hydrogen (secondary N) is 1. The molecule has 0 radical (unpaired) electrons. The fourth-order valence-electron chi connectivity index (χ4n) is 1.85. The van der Waals surface area contributed by atoms with Crippen LogP contribution in [0.5, 0.6) is 0 Å². The number of nitrogens with two attached hydrogens (primary N) is 1. The van der Waals surface area contributed by atoms with Crippen LogP contribution in [0.1, 0.15) is 44.7 Å². The summed E-state index contributed by atoms with van der Waals surface area (Å²) in [6.07, 6.45) is 2.42. The van der Waals surface area contributed by atoms with E-state index in [-0.39, 0.29) is 5.54 Å². The highest BCUT2D eigenvalue weighted by molar-refractivity contribution is 5.22. The summed E-state index contributed by atoms with van der Waals surface area (Å²) in [7, 11) is 0. The average Bonchev–Trinajstić information content (AvgIpc) is 2.27. The fraction of sp³-hybridized carbons (Fsp3) is 0.571. The Balaban J connectivity index is 2.48. The standard InChI is InChI=1S/C14H24N2/c1-4-9-14(2,3)16-11-13-7-5-12(10-15)6-8-13/h5-8,16H,4,9-11,15H2,1-3H3. The molecule has 0 bridgehead atoms. The number of benzene rings is 1. The average molecular weight is 220 g/mol. The lowest BCUT2D eigenvalue weighted by molar-refractivity contribution is 0.357. The predicted molar refractivity (Wildman–Crippen MR) is 70.2 cm³/mol. The Hall–Kier alpha value is -0.860. The lowest BCUT2D eigenvalue weighted by atomic mass is 9.98. The van der Waals surface area contributed by atoms with E-state index in [0.29, 0.717) is 6.54 Å². The van der Waals surface area contributed by atoms with E-state index in [2.05, 4.69) is 50.4 Å². The van der Waals surface area contributed by atoms with Crippen molar-refractivity contribution in [3.05, 3.63) is 35.4 Å². The maximum atomic E-state index is 5.57. The molecule has 0 aliphatic carbocycles. The van der Waals surface area contributed by atoms with E-state index in [0.717, 1.165) is 6.54 Å². The Labute approximate surface area is 99.2 Å². The van der Waals surface area contributed by atoms with Crippen molar-refractivity contribution in [2.24, 2.45) is 5.73 Å². The third-order valence-corrected chi connectivity index (χ3v) is 2.90. The second-order valence-electron chi connectivity index (χ2n) is 5.01. The molecule has 0 unspecified atom stereocenters. The molecule has 16 heavy (non-hydrogen) atoms. The summed E-state index contributed by atoms with van der Waals surface area (Å²) in [5.41, 5.74) is 8.30. The molecule has 0 aromatic heterocycles. The normalized spacial score (nSPS) is 11.8. The molecule has 1 aromatic rings. The zero-order chi connectivity index (χ0) is 12.0. The lowest BCUT2D eigenvalue weighted by Gasteiger charge is -2.26.